The van der Waals surface area contributed by atoms with Crippen LogP contribution in [0.4, 0.5) is 10.1 Å². The van der Waals surface area contributed by atoms with E-state index in [2.05, 4.69) is 10.6 Å². The normalized spacial score (nSPS) is 16.9. The fourth-order valence-electron chi connectivity index (χ4n) is 3.64. The molecule has 0 radical (unpaired) electrons. The van der Waals surface area contributed by atoms with E-state index < -0.39 is 27.7 Å². The molecule has 0 aliphatic carbocycles. The Bertz CT molecular complexity index is 1060. The molecule has 0 aromatic heterocycles. The fourth-order valence-corrected chi connectivity index (χ4v) is 5.37. The number of benzene rings is 2. The molecule has 1 aliphatic rings. The third-order valence-electron chi connectivity index (χ3n) is 5.29. The molecular formula is C22H26FN3O5S. The maximum atomic E-state index is 13.2. The van der Waals surface area contributed by atoms with Crippen molar-refractivity contribution in [2.45, 2.75) is 36.6 Å². The summed E-state index contributed by atoms with van der Waals surface area (Å²) in [7, 11) is -2.28. The number of piperidine rings is 1. The number of nitrogens with one attached hydrogen (secondary N) is 2. The van der Waals surface area contributed by atoms with Crippen LogP contribution < -0.4 is 15.4 Å². The van der Waals surface area contributed by atoms with Gasteiger partial charge < -0.3 is 15.4 Å². The Kier molecular flexibility index (Phi) is 7.81. The smallest absolute Gasteiger partial charge is 0.313 e. The molecule has 172 valence electrons. The summed E-state index contributed by atoms with van der Waals surface area (Å²) in [6.45, 7) is 0.499. The van der Waals surface area contributed by atoms with Crippen LogP contribution in [0, 0.1) is 5.82 Å². The van der Waals surface area contributed by atoms with Crippen molar-refractivity contribution >= 4 is 27.5 Å². The molecule has 0 saturated carbocycles. The highest BCUT2D eigenvalue weighted by atomic mass is 32.2. The molecule has 1 unspecified atom stereocenters. The number of anilines is 1. The molecule has 0 bridgehead atoms. The SMILES string of the molecule is COc1cccc(NC(=O)C(=O)NCCC2CCCCN2S(=O)(=O)c2ccc(F)cc2)c1. The van der Waals surface area contributed by atoms with Crippen molar-refractivity contribution in [3.8, 4) is 5.75 Å². The summed E-state index contributed by atoms with van der Waals surface area (Å²) in [6, 6.07) is 11.0. The molecule has 10 heteroatoms. The Morgan fingerprint density at radius 3 is 2.59 bits per heavy atom. The number of carbonyl (C=O) groups excluding carboxylic acids is 2. The second-order valence-corrected chi connectivity index (χ2v) is 9.34. The number of ether oxygens (including phenoxy) is 1. The van der Waals surface area contributed by atoms with Crippen molar-refractivity contribution in [2.24, 2.45) is 0 Å². The van der Waals surface area contributed by atoms with Crippen LogP contribution >= 0.6 is 0 Å². The van der Waals surface area contributed by atoms with Gasteiger partial charge in [-0.1, -0.05) is 12.5 Å². The molecule has 1 atom stereocenters. The van der Waals surface area contributed by atoms with Crippen LogP contribution in [-0.4, -0.2) is 50.8 Å². The Hall–Kier alpha value is -2.98. The van der Waals surface area contributed by atoms with E-state index >= 15 is 0 Å². The summed E-state index contributed by atoms with van der Waals surface area (Å²) in [5.41, 5.74) is 0.424. The summed E-state index contributed by atoms with van der Waals surface area (Å²) < 4.78 is 45.7. The minimum absolute atomic E-state index is 0.0347. The first-order valence-electron chi connectivity index (χ1n) is 10.3. The van der Waals surface area contributed by atoms with Gasteiger partial charge in [0, 0.05) is 30.9 Å². The van der Waals surface area contributed by atoms with Gasteiger partial charge in [0.2, 0.25) is 10.0 Å². The van der Waals surface area contributed by atoms with E-state index in [1.807, 2.05) is 0 Å². The van der Waals surface area contributed by atoms with E-state index in [0.717, 1.165) is 25.0 Å². The molecule has 1 aliphatic heterocycles. The maximum absolute atomic E-state index is 13.2. The molecule has 2 N–H and O–H groups in total. The van der Waals surface area contributed by atoms with Gasteiger partial charge in [0.25, 0.3) is 0 Å². The molecule has 2 aromatic carbocycles. The molecule has 8 nitrogen and oxygen atoms in total. The average molecular weight is 464 g/mol. The molecular weight excluding hydrogens is 437 g/mol. The van der Waals surface area contributed by atoms with Gasteiger partial charge in [-0.25, -0.2) is 12.8 Å². The lowest BCUT2D eigenvalue weighted by atomic mass is 10.0. The van der Waals surface area contributed by atoms with Crippen molar-refractivity contribution in [2.75, 3.05) is 25.5 Å². The summed E-state index contributed by atoms with van der Waals surface area (Å²) >= 11 is 0. The van der Waals surface area contributed by atoms with Crippen LogP contribution in [0.1, 0.15) is 25.7 Å². The molecule has 2 amide bonds. The van der Waals surface area contributed by atoms with Gasteiger partial charge in [-0.15, -0.1) is 0 Å². The lowest BCUT2D eigenvalue weighted by Gasteiger charge is -2.34. The fraction of sp³-hybridized carbons (Fsp3) is 0.364. The van der Waals surface area contributed by atoms with E-state index in [1.165, 1.54) is 23.5 Å². The quantitative estimate of drug-likeness (QED) is 0.614. The summed E-state index contributed by atoms with van der Waals surface area (Å²) in [6.07, 6.45) is 2.60. The largest absolute Gasteiger partial charge is 0.497 e. The molecule has 1 saturated heterocycles. The zero-order valence-corrected chi connectivity index (χ0v) is 18.5. The monoisotopic (exact) mass is 463 g/mol. The van der Waals surface area contributed by atoms with Gasteiger partial charge in [0.15, 0.2) is 0 Å². The lowest BCUT2D eigenvalue weighted by molar-refractivity contribution is -0.136. The third kappa shape index (κ3) is 5.83. The van der Waals surface area contributed by atoms with Crippen molar-refractivity contribution in [3.05, 3.63) is 54.3 Å². The first kappa shape index (κ1) is 23.7. The molecule has 3 rings (SSSR count). The predicted molar refractivity (Wildman–Crippen MR) is 117 cm³/mol. The van der Waals surface area contributed by atoms with Crippen LogP contribution in [0.15, 0.2) is 53.4 Å². The highest BCUT2D eigenvalue weighted by Gasteiger charge is 2.33. The Labute approximate surface area is 186 Å². The zero-order valence-electron chi connectivity index (χ0n) is 17.7. The molecule has 1 heterocycles. The minimum Gasteiger partial charge on any atom is -0.497 e. The number of halogens is 1. The molecule has 2 aromatic rings. The van der Waals surface area contributed by atoms with E-state index in [4.69, 9.17) is 4.74 Å². The summed E-state index contributed by atoms with van der Waals surface area (Å²) in [5.74, 6) is -1.59. The van der Waals surface area contributed by atoms with Crippen molar-refractivity contribution in [1.29, 1.82) is 0 Å². The number of amides is 2. The van der Waals surface area contributed by atoms with E-state index in [0.29, 0.717) is 30.8 Å². The average Bonchev–Trinajstić information content (AvgIpc) is 2.79. The first-order chi connectivity index (χ1) is 15.3. The standard InChI is InChI=1S/C22H26FN3O5S/c1-31-19-7-4-5-17(15-19)25-22(28)21(27)24-13-12-18-6-2-3-14-26(18)32(29,30)20-10-8-16(23)9-11-20/h4-5,7-11,15,18H,2-3,6,12-14H2,1H3,(H,24,27)(H,25,28). The number of methoxy groups -OCH3 is 1. The van der Waals surface area contributed by atoms with Gasteiger partial charge in [0.1, 0.15) is 11.6 Å². The zero-order chi connectivity index (χ0) is 23.1. The number of nitrogens with zero attached hydrogens (tertiary/aromatic N) is 1. The molecule has 0 spiro atoms. The van der Waals surface area contributed by atoms with Crippen LogP contribution in [-0.2, 0) is 19.6 Å². The van der Waals surface area contributed by atoms with Gasteiger partial charge in [-0.3, -0.25) is 9.59 Å². The number of hydrogen-bond donors (Lipinski definition) is 2. The van der Waals surface area contributed by atoms with Gasteiger partial charge in [-0.2, -0.15) is 4.31 Å². The summed E-state index contributed by atoms with van der Waals surface area (Å²) in [5, 5.41) is 5.04. The first-order valence-corrected chi connectivity index (χ1v) is 11.8. The van der Waals surface area contributed by atoms with E-state index in [1.54, 1.807) is 24.3 Å². The van der Waals surface area contributed by atoms with Gasteiger partial charge in [0.05, 0.1) is 12.0 Å². The number of carbonyl (C=O) groups is 2. The van der Waals surface area contributed by atoms with E-state index in [9.17, 15) is 22.4 Å². The van der Waals surface area contributed by atoms with Crippen molar-refractivity contribution < 1.29 is 27.1 Å². The minimum atomic E-state index is -3.78. The topological polar surface area (TPSA) is 105 Å². The van der Waals surface area contributed by atoms with Crippen molar-refractivity contribution in [1.82, 2.24) is 9.62 Å². The highest BCUT2D eigenvalue weighted by Crippen LogP contribution is 2.27. The third-order valence-corrected chi connectivity index (χ3v) is 7.26. The number of rotatable bonds is 7. The lowest BCUT2D eigenvalue weighted by Crippen LogP contribution is -2.45. The Balaban J connectivity index is 1.56. The second kappa shape index (κ2) is 10.6. The van der Waals surface area contributed by atoms with Crippen LogP contribution in [0.5, 0.6) is 5.75 Å². The Morgan fingerprint density at radius 1 is 1.12 bits per heavy atom. The summed E-state index contributed by atoms with van der Waals surface area (Å²) in [4.78, 5) is 24.3. The second-order valence-electron chi connectivity index (χ2n) is 7.45. The maximum Gasteiger partial charge on any atom is 0.313 e. The van der Waals surface area contributed by atoms with Crippen LogP contribution in [0.3, 0.4) is 0 Å². The Morgan fingerprint density at radius 2 is 1.88 bits per heavy atom. The van der Waals surface area contributed by atoms with E-state index in [-0.39, 0.29) is 17.5 Å². The van der Waals surface area contributed by atoms with Crippen LogP contribution in [0.25, 0.3) is 0 Å². The highest BCUT2D eigenvalue weighted by molar-refractivity contribution is 7.89. The number of sulfonamides is 1. The van der Waals surface area contributed by atoms with Crippen molar-refractivity contribution in [3.63, 3.8) is 0 Å². The predicted octanol–water partition coefficient (Wildman–Crippen LogP) is 2.52. The number of hydrogen-bond acceptors (Lipinski definition) is 5. The van der Waals surface area contributed by atoms with Crippen LogP contribution in [0.2, 0.25) is 0 Å². The molecule has 32 heavy (non-hydrogen) atoms. The van der Waals surface area contributed by atoms with Gasteiger partial charge >= 0.3 is 11.8 Å². The van der Waals surface area contributed by atoms with Gasteiger partial charge in [-0.05, 0) is 55.7 Å². The molecule has 1 fully saturated rings.